The van der Waals surface area contributed by atoms with E-state index in [4.69, 9.17) is 9.26 Å². The van der Waals surface area contributed by atoms with Crippen LogP contribution in [0.2, 0.25) is 0 Å². The summed E-state index contributed by atoms with van der Waals surface area (Å²) in [5.41, 5.74) is 0. The predicted octanol–water partition coefficient (Wildman–Crippen LogP) is 1.11. The van der Waals surface area contributed by atoms with Gasteiger partial charge in [-0.15, -0.1) is 0 Å². The topological polar surface area (TPSA) is 42.0 Å². The van der Waals surface area contributed by atoms with Crippen LogP contribution in [0.1, 0.15) is 6.92 Å². The standard InChI is InChI=1S/C10H23N2O3P/c1-9-6-12(4)7-10(15-9)8-14-16(5,13)11(2)3/h9-10H,6-8H2,1-5H3/t9-,10-,16?/m0/s1. The monoisotopic (exact) mass is 250 g/mol. The maximum absolute atomic E-state index is 12.0. The third-order valence-corrected chi connectivity index (χ3v) is 4.82. The molecule has 1 rings (SSSR count). The number of hydrogen-bond acceptors (Lipinski definition) is 4. The fourth-order valence-electron chi connectivity index (χ4n) is 1.70. The van der Waals surface area contributed by atoms with Crippen molar-refractivity contribution in [3.8, 4) is 0 Å². The van der Waals surface area contributed by atoms with Gasteiger partial charge < -0.3 is 14.2 Å². The quantitative estimate of drug-likeness (QED) is 0.699. The van der Waals surface area contributed by atoms with Gasteiger partial charge in [0.1, 0.15) is 0 Å². The maximum atomic E-state index is 12.0. The van der Waals surface area contributed by atoms with E-state index in [9.17, 15) is 4.57 Å². The number of ether oxygens (including phenoxy) is 1. The Kier molecular flexibility index (Phi) is 4.95. The molecule has 1 heterocycles. The van der Waals surface area contributed by atoms with Crippen molar-refractivity contribution in [3.05, 3.63) is 0 Å². The van der Waals surface area contributed by atoms with E-state index in [1.807, 2.05) is 6.92 Å². The highest BCUT2D eigenvalue weighted by Gasteiger charge is 2.26. The molecule has 0 spiro atoms. The van der Waals surface area contributed by atoms with E-state index in [-0.39, 0.29) is 12.2 Å². The van der Waals surface area contributed by atoms with E-state index in [2.05, 4.69) is 11.9 Å². The molecule has 1 fully saturated rings. The van der Waals surface area contributed by atoms with Gasteiger partial charge in [-0.25, -0.2) is 4.67 Å². The summed E-state index contributed by atoms with van der Waals surface area (Å²) < 4.78 is 24.8. The van der Waals surface area contributed by atoms with Gasteiger partial charge in [0, 0.05) is 19.8 Å². The molecule has 0 saturated carbocycles. The highest BCUT2D eigenvalue weighted by atomic mass is 31.2. The summed E-state index contributed by atoms with van der Waals surface area (Å²) >= 11 is 0. The van der Waals surface area contributed by atoms with Gasteiger partial charge in [-0.3, -0.25) is 4.57 Å². The summed E-state index contributed by atoms with van der Waals surface area (Å²) in [5.74, 6) is 0. The summed E-state index contributed by atoms with van der Waals surface area (Å²) in [6, 6.07) is 0. The number of hydrogen-bond donors (Lipinski definition) is 0. The van der Waals surface area contributed by atoms with E-state index >= 15 is 0 Å². The second-order valence-corrected chi connectivity index (χ2v) is 7.40. The fourth-order valence-corrected chi connectivity index (χ4v) is 2.38. The molecule has 1 saturated heterocycles. The minimum Gasteiger partial charge on any atom is -0.370 e. The van der Waals surface area contributed by atoms with E-state index in [0.717, 1.165) is 13.1 Å². The van der Waals surface area contributed by atoms with Crippen LogP contribution in [0.25, 0.3) is 0 Å². The lowest BCUT2D eigenvalue weighted by molar-refractivity contribution is -0.0851. The fraction of sp³-hybridized carbons (Fsp3) is 1.00. The molecule has 3 atom stereocenters. The van der Waals surface area contributed by atoms with Crippen LogP contribution in [-0.2, 0) is 13.8 Å². The zero-order valence-corrected chi connectivity index (χ0v) is 11.7. The SMILES string of the molecule is C[C@H]1CN(C)C[C@@H](COP(C)(=O)N(C)C)O1. The first-order valence-electron chi connectivity index (χ1n) is 5.55. The molecule has 6 heteroatoms. The molecule has 0 aromatic carbocycles. The Labute approximate surface area is 98.2 Å². The molecule has 1 aliphatic heterocycles. The smallest absolute Gasteiger partial charge is 0.268 e. The Bertz CT molecular complexity index is 263. The van der Waals surface area contributed by atoms with Crippen LogP contribution in [-0.4, -0.2) is 69.3 Å². The van der Waals surface area contributed by atoms with Crippen molar-refractivity contribution in [1.29, 1.82) is 0 Å². The van der Waals surface area contributed by atoms with Crippen molar-refractivity contribution in [2.45, 2.75) is 19.1 Å². The highest BCUT2D eigenvalue weighted by molar-refractivity contribution is 7.55. The molecule has 0 aliphatic carbocycles. The second-order valence-electron chi connectivity index (χ2n) is 4.74. The van der Waals surface area contributed by atoms with E-state index in [1.54, 1.807) is 25.4 Å². The molecule has 0 bridgehead atoms. The van der Waals surface area contributed by atoms with Gasteiger partial charge in [-0.1, -0.05) is 0 Å². The Morgan fingerprint density at radius 3 is 2.62 bits per heavy atom. The molecule has 16 heavy (non-hydrogen) atoms. The normalized spacial score (nSPS) is 31.6. The van der Waals surface area contributed by atoms with Crippen LogP contribution < -0.4 is 0 Å². The Hall–Kier alpha value is 0.0700. The molecular formula is C10H23N2O3P. The van der Waals surface area contributed by atoms with Gasteiger partial charge in [0.25, 0.3) is 7.52 Å². The van der Waals surface area contributed by atoms with Gasteiger partial charge in [0.15, 0.2) is 0 Å². The lowest BCUT2D eigenvalue weighted by atomic mass is 10.2. The molecule has 1 unspecified atom stereocenters. The average molecular weight is 250 g/mol. The van der Waals surface area contributed by atoms with Crippen LogP contribution >= 0.6 is 7.52 Å². The van der Waals surface area contributed by atoms with Crippen LogP contribution in [0.3, 0.4) is 0 Å². The van der Waals surface area contributed by atoms with Crippen molar-refractivity contribution in [3.63, 3.8) is 0 Å². The van der Waals surface area contributed by atoms with Crippen molar-refractivity contribution < 1.29 is 13.8 Å². The van der Waals surface area contributed by atoms with Gasteiger partial charge >= 0.3 is 0 Å². The van der Waals surface area contributed by atoms with Gasteiger partial charge in [0.05, 0.1) is 18.8 Å². The highest BCUT2D eigenvalue weighted by Crippen LogP contribution is 2.44. The number of nitrogens with zero attached hydrogens (tertiary/aromatic N) is 2. The molecule has 0 radical (unpaired) electrons. The number of likely N-dealkylation sites (N-methyl/N-ethyl adjacent to an activating group) is 1. The Morgan fingerprint density at radius 1 is 1.50 bits per heavy atom. The minimum absolute atomic E-state index is 0.0157. The first-order chi connectivity index (χ1) is 7.31. The minimum atomic E-state index is -2.64. The molecule has 0 N–H and O–H groups in total. The number of morpholine rings is 1. The van der Waals surface area contributed by atoms with Crippen molar-refractivity contribution >= 4 is 7.52 Å². The summed E-state index contributed by atoms with van der Waals surface area (Å²) in [6.45, 7) is 5.83. The lowest BCUT2D eigenvalue weighted by Crippen LogP contribution is -2.46. The Morgan fingerprint density at radius 2 is 2.12 bits per heavy atom. The van der Waals surface area contributed by atoms with Crippen LogP contribution in [0.4, 0.5) is 0 Å². The lowest BCUT2D eigenvalue weighted by Gasteiger charge is -2.35. The predicted molar refractivity (Wildman–Crippen MR) is 65.0 cm³/mol. The molecule has 5 nitrogen and oxygen atoms in total. The summed E-state index contributed by atoms with van der Waals surface area (Å²) in [7, 11) is 2.95. The van der Waals surface area contributed by atoms with Crippen LogP contribution in [0.5, 0.6) is 0 Å². The third kappa shape index (κ3) is 4.15. The van der Waals surface area contributed by atoms with Gasteiger partial charge in [0.2, 0.25) is 0 Å². The Balaban J connectivity index is 2.40. The zero-order valence-electron chi connectivity index (χ0n) is 10.8. The maximum Gasteiger partial charge on any atom is 0.268 e. The summed E-state index contributed by atoms with van der Waals surface area (Å²) in [4.78, 5) is 2.21. The molecule has 1 aliphatic rings. The number of rotatable bonds is 4. The van der Waals surface area contributed by atoms with Gasteiger partial charge in [-0.2, -0.15) is 0 Å². The van der Waals surface area contributed by atoms with Crippen LogP contribution in [0.15, 0.2) is 0 Å². The first kappa shape index (κ1) is 14.1. The second kappa shape index (κ2) is 5.61. The molecule has 96 valence electrons. The largest absolute Gasteiger partial charge is 0.370 e. The van der Waals surface area contributed by atoms with E-state index in [0.29, 0.717) is 6.61 Å². The molecule has 0 aromatic rings. The van der Waals surface area contributed by atoms with Crippen molar-refractivity contribution in [1.82, 2.24) is 9.57 Å². The third-order valence-electron chi connectivity index (χ3n) is 2.74. The van der Waals surface area contributed by atoms with Gasteiger partial charge in [-0.05, 0) is 28.1 Å². The molecule has 0 amide bonds. The van der Waals surface area contributed by atoms with E-state index in [1.165, 1.54) is 0 Å². The zero-order chi connectivity index (χ0) is 12.3. The summed E-state index contributed by atoms with van der Waals surface area (Å²) in [6.07, 6.45) is 0.227. The average Bonchev–Trinajstić information content (AvgIpc) is 2.13. The van der Waals surface area contributed by atoms with E-state index < -0.39 is 7.52 Å². The molecular weight excluding hydrogens is 227 g/mol. The first-order valence-corrected chi connectivity index (χ1v) is 7.57. The molecule has 0 aromatic heterocycles. The van der Waals surface area contributed by atoms with Crippen molar-refractivity contribution in [2.24, 2.45) is 0 Å². The van der Waals surface area contributed by atoms with Crippen molar-refractivity contribution in [2.75, 3.05) is 47.5 Å². The van der Waals surface area contributed by atoms with Crippen LogP contribution in [0, 0.1) is 0 Å². The summed E-state index contributed by atoms with van der Waals surface area (Å²) in [5, 5.41) is 0.